The number of ether oxygens (including phenoxy) is 2. The number of aliphatic imine (C=N–C) groups is 1. The number of hydrogen-bond acceptors (Lipinski definition) is 5. The molecule has 0 amide bonds. The zero-order chi connectivity index (χ0) is 21.9. The number of nitrogens with zero attached hydrogens (tertiary/aromatic N) is 3. The highest BCUT2D eigenvalue weighted by molar-refractivity contribution is 14.0. The molecule has 2 aromatic carbocycles. The van der Waals surface area contributed by atoms with Crippen LogP contribution in [0, 0.1) is 0 Å². The third kappa shape index (κ3) is 8.05. The van der Waals surface area contributed by atoms with Crippen LogP contribution in [0.15, 0.2) is 53.5 Å². The molecule has 2 N–H and O–H groups in total. The van der Waals surface area contributed by atoms with Crippen molar-refractivity contribution in [3.05, 3.63) is 54.1 Å². The second-order valence-electron chi connectivity index (χ2n) is 7.48. The number of methoxy groups -OCH3 is 1. The van der Waals surface area contributed by atoms with E-state index in [0.717, 1.165) is 63.0 Å². The minimum absolute atomic E-state index is 0. The zero-order valence-corrected chi connectivity index (χ0v) is 21.3. The van der Waals surface area contributed by atoms with Gasteiger partial charge in [-0.2, -0.15) is 0 Å². The molecule has 0 atom stereocenters. The van der Waals surface area contributed by atoms with Crippen LogP contribution in [-0.2, 0) is 6.42 Å². The number of piperazine rings is 1. The molecule has 0 bridgehead atoms. The highest BCUT2D eigenvalue weighted by Gasteiger charge is 2.19. The summed E-state index contributed by atoms with van der Waals surface area (Å²) in [7, 11) is 1.56. The van der Waals surface area contributed by atoms with Gasteiger partial charge in [0.2, 0.25) is 0 Å². The largest absolute Gasteiger partial charge is 0.504 e. The molecule has 176 valence electrons. The van der Waals surface area contributed by atoms with Gasteiger partial charge in [0.1, 0.15) is 12.4 Å². The number of rotatable bonds is 9. The Hall–Kier alpha value is -2.20. The zero-order valence-electron chi connectivity index (χ0n) is 19.0. The first-order chi connectivity index (χ1) is 15.2. The van der Waals surface area contributed by atoms with Crippen LogP contribution in [0.4, 0.5) is 0 Å². The minimum atomic E-state index is 0. The summed E-state index contributed by atoms with van der Waals surface area (Å²) in [5.41, 5.74) is 1.09. The van der Waals surface area contributed by atoms with E-state index in [9.17, 15) is 5.11 Å². The normalized spacial score (nSPS) is 14.6. The predicted molar refractivity (Wildman–Crippen MR) is 140 cm³/mol. The molecule has 2 aromatic rings. The molecule has 1 saturated heterocycles. The van der Waals surface area contributed by atoms with Gasteiger partial charge in [0, 0.05) is 45.8 Å². The van der Waals surface area contributed by atoms with Crippen molar-refractivity contribution >= 4 is 29.9 Å². The summed E-state index contributed by atoms with van der Waals surface area (Å²) in [6, 6.07) is 15.4. The SMILES string of the molecule is CCNC(=NCCc1ccc(O)c(OC)c1)N1CCN(CCOc2ccccc2)CC1.I. The molecule has 0 saturated carbocycles. The molecular formula is C24H35IN4O3. The lowest BCUT2D eigenvalue weighted by atomic mass is 10.1. The Morgan fingerprint density at radius 3 is 2.53 bits per heavy atom. The van der Waals surface area contributed by atoms with Gasteiger partial charge in [0.15, 0.2) is 17.5 Å². The molecule has 1 fully saturated rings. The van der Waals surface area contributed by atoms with Crippen molar-refractivity contribution in [2.24, 2.45) is 4.99 Å². The smallest absolute Gasteiger partial charge is 0.194 e. The standard InChI is InChI=1S/C24H34N4O3.HI/c1-3-25-24(26-12-11-20-9-10-22(29)23(19-20)30-2)28-15-13-27(14-16-28)17-18-31-21-7-5-4-6-8-21;/h4-10,19,29H,3,11-18H2,1-2H3,(H,25,26);1H. The van der Waals surface area contributed by atoms with Crippen molar-refractivity contribution in [3.63, 3.8) is 0 Å². The number of nitrogens with one attached hydrogen (secondary N) is 1. The number of guanidine groups is 1. The molecule has 1 aliphatic heterocycles. The molecule has 1 aliphatic rings. The number of phenolic OH excluding ortho intramolecular Hbond substituents is 1. The van der Waals surface area contributed by atoms with E-state index in [1.54, 1.807) is 13.2 Å². The van der Waals surface area contributed by atoms with Crippen LogP contribution in [-0.4, -0.2) is 80.4 Å². The first-order valence-corrected chi connectivity index (χ1v) is 11.0. The summed E-state index contributed by atoms with van der Waals surface area (Å²) in [4.78, 5) is 9.59. The Kier molecular flexibility index (Phi) is 11.4. The van der Waals surface area contributed by atoms with Gasteiger partial charge in [-0.05, 0) is 43.2 Å². The van der Waals surface area contributed by atoms with Crippen molar-refractivity contribution in [1.29, 1.82) is 0 Å². The van der Waals surface area contributed by atoms with Crippen molar-refractivity contribution in [2.45, 2.75) is 13.3 Å². The fourth-order valence-electron chi connectivity index (χ4n) is 3.59. The van der Waals surface area contributed by atoms with Crippen molar-refractivity contribution in [2.75, 3.05) is 59.5 Å². The average Bonchev–Trinajstić information content (AvgIpc) is 2.81. The third-order valence-corrected chi connectivity index (χ3v) is 5.33. The monoisotopic (exact) mass is 554 g/mol. The quantitative estimate of drug-likeness (QED) is 0.282. The number of halogens is 1. The summed E-state index contributed by atoms with van der Waals surface area (Å²) >= 11 is 0. The molecular weight excluding hydrogens is 519 g/mol. The molecule has 1 heterocycles. The molecule has 3 rings (SSSR count). The highest BCUT2D eigenvalue weighted by Crippen LogP contribution is 2.26. The fourth-order valence-corrected chi connectivity index (χ4v) is 3.59. The van der Waals surface area contributed by atoms with Crippen LogP contribution in [0.25, 0.3) is 0 Å². The Morgan fingerprint density at radius 2 is 1.84 bits per heavy atom. The second kappa shape index (κ2) is 14.1. The average molecular weight is 554 g/mol. The molecule has 0 aromatic heterocycles. The summed E-state index contributed by atoms with van der Waals surface area (Å²) in [5, 5.41) is 13.2. The van der Waals surface area contributed by atoms with E-state index in [-0.39, 0.29) is 29.7 Å². The van der Waals surface area contributed by atoms with E-state index in [4.69, 9.17) is 14.5 Å². The summed E-state index contributed by atoms with van der Waals surface area (Å²) in [5.74, 6) is 2.55. The van der Waals surface area contributed by atoms with Crippen LogP contribution in [0.1, 0.15) is 12.5 Å². The summed E-state index contributed by atoms with van der Waals surface area (Å²) < 4.78 is 11.0. The maximum absolute atomic E-state index is 9.74. The van der Waals surface area contributed by atoms with E-state index in [0.29, 0.717) is 18.9 Å². The summed E-state index contributed by atoms with van der Waals surface area (Å²) in [6.07, 6.45) is 0.794. The molecule has 7 nitrogen and oxygen atoms in total. The van der Waals surface area contributed by atoms with Crippen LogP contribution in [0.5, 0.6) is 17.2 Å². The molecule has 0 radical (unpaired) electrons. The van der Waals surface area contributed by atoms with Gasteiger partial charge in [-0.25, -0.2) is 0 Å². The first kappa shape index (κ1) is 26.1. The first-order valence-electron chi connectivity index (χ1n) is 11.0. The topological polar surface area (TPSA) is 69.6 Å². The Morgan fingerprint density at radius 1 is 1.09 bits per heavy atom. The number of para-hydroxylation sites is 1. The highest BCUT2D eigenvalue weighted by atomic mass is 127. The fraction of sp³-hybridized carbons (Fsp3) is 0.458. The molecule has 8 heteroatoms. The second-order valence-corrected chi connectivity index (χ2v) is 7.48. The van der Waals surface area contributed by atoms with E-state index in [1.165, 1.54) is 0 Å². The van der Waals surface area contributed by atoms with Gasteiger partial charge in [-0.15, -0.1) is 24.0 Å². The lowest BCUT2D eigenvalue weighted by molar-refractivity contribution is 0.152. The Labute approximate surface area is 208 Å². The van der Waals surface area contributed by atoms with Crippen LogP contribution >= 0.6 is 24.0 Å². The van der Waals surface area contributed by atoms with Crippen LogP contribution < -0.4 is 14.8 Å². The Bertz CT molecular complexity index is 827. The van der Waals surface area contributed by atoms with Crippen molar-refractivity contribution in [3.8, 4) is 17.2 Å². The maximum Gasteiger partial charge on any atom is 0.194 e. The Balaban J connectivity index is 0.00000363. The maximum atomic E-state index is 9.74. The molecule has 0 spiro atoms. The minimum Gasteiger partial charge on any atom is -0.504 e. The van der Waals surface area contributed by atoms with Crippen molar-refractivity contribution in [1.82, 2.24) is 15.1 Å². The number of benzene rings is 2. The molecule has 0 unspecified atom stereocenters. The number of hydrogen-bond donors (Lipinski definition) is 2. The van der Waals surface area contributed by atoms with Gasteiger partial charge < -0.3 is 24.8 Å². The van der Waals surface area contributed by atoms with E-state index < -0.39 is 0 Å². The van der Waals surface area contributed by atoms with Crippen molar-refractivity contribution < 1.29 is 14.6 Å². The number of aromatic hydroxyl groups is 1. The van der Waals surface area contributed by atoms with Crippen LogP contribution in [0.3, 0.4) is 0 Å². The lowest BCUT2D eigenvalue weighted by Crippen LogP contribution is -2.53. The van der Waals surface area contributed by atoms with Crippen LogP contribution in [0.2, 0.25) is 0 Å². The van der Waals surface area contributed by atoms with E-state index in [2.05, 4.69) is 22.0 Å². The van der Waals surface area contributed by atoms with Gasteiger partial charge in [-0.3, -0.25) is 9.89 Å². The van der Waals surface area contributed by atoms with Gasteiger partial charge >= 0.3 is 0 Å². The predicted octanol–water partition coefficient (Wildman–Crippen LogP) is 3.22. The summed E-state index contributed by atoms with van der Waals surface area (Å²) in [6.45, 7) is 9.15. The van der Waals surface area contributed by atoms with E-state index >= 15 is 0 Å². The number of phenols is 1. The van der Waals surface area contributed by atoms with Gasteiger partial charge in [0.25, 0.3) is 0 Å². The molecule has 32 heavy (non-hydrogen) atoms. The lowest BCUT2D eigenvalue weighted by Gasteiger charge is -2.36. The van der Waals surface area contributed by atoms with E-state index in [1.807, 2.05) is 42.5 Å². The molecule has 0 aliphatic carbocycles. The van der Waals surface area contributed by atoms with Gasteiger partial charge in [0.05, 0.1) is 7.11 Å². The van der Waals surface area contributed by atoms with Gasteiger partial charge in [-0.1, -0.05) is 24.3 Å². The third-order valence-electron chi connectivity index (χ3n) is 5.33.